The lowest BCUT2D eigenvalue weighted by Crippen LogP contribution is -2.46. The quantitative estimate of drug-likeness (QED) is 0.765. The second-order valence-electron chi connectivity index (χ2n) is 4.37. The predicted octanol–water partition coefficient (Wildman–Crippen LogP) is 2.43. The molecule has 0 fully saturated rings. The molecule has 1 unspecified atom stereocenters. The summed E-state index contributed by atoms with van der Waals surface area (Å²) in [4.78, 5) is 23.1. The molecule has 0 aliphatic carbocycles. The number of hydrogen-bond acceptors (Lipinski definition) is 4. The van der Waals surface area contributed by atoms with Crippen LogP contribution in [-0.2, 0) is 9.59 Å². The van der Waals surface area contributed by atoms with Crippen molar-refractivity contribution in [2.45, 2.75) is 25.5 Å². The molecule has 1 amide bonds. The van der Waals surface area contributed by atoms with Crippen LogP contribution in [-0.4, -0.2) is 41.1 Å². The number of carboxylic acid groups (broad SMARTS) is 1. The molecule has 0 aliphatic rings. The van der Waals surface area contributed by atoms with Gasteiger partial charge in [-0.2, -0.15) is 11.8 Å². The summed E-state index contributed by atoms with van der Waals surface area (Å²) >= 11 is 7.47. The molecular formula is C14H18ClNO4S. The normalized spacial score (nSPS) is 13.3. The van der Waals surface area contributed by atoms with Gasteiger partial charge in [0.25, 0.3) is 5.91 Å². The number of halogens is 1. The standard InChI is InChI=1S/C14H18ClNO4S/c1-9(20-12-6-4-3-5-10(12)15)13(17)16-11(14(18)19)7-8-21-2/h3-6,9,11H,7-8H2,1-2H3,(H,16,17)(H,18,19)/t9?,11-/m1/s1. The van der Waals surface area contributed by atoms with E-state index in [2.05, 4.69) is 5.32 Å². The first-order chi connectivity index (χ1) is 9.95. The van der Waals surface area contributed by atoms with Crippen LogP contribution in [0.2, 0.25) is 5.02 Å². The molecule has 0 saturated heterocycles. The lowest BCUT2D eigenvalue weighted by Gasteiger charge is -2.19. The van der Waals surface area contributed by atoms with Crippen LogP contribution in [0.3, 0.4) is 0 Å². The van der Waals surface area contributed by atoms with E-state index < -0.39 is 24.0 Å². The SMILES string of the molecule is CSCC[C@@H](NC(=O)C(C)Oc1ccccc1Cl)C(=O)O. The second-order valence-corrected chi connectivity index (χ2v) is 5.76. The smallest absolute Gasteiger partial charge is 0.326 e. The molecule has 1 aromatic rings. The van der Waals surface area contributed by atoms with Crippen molar-refractivity contribution in [3.63, 3.8) is 0 Å². The zero-order valence-electron chi connectivity index (χ0n) is 11.8. The van der Waals surface area contributed by atoms with Gasteiger partial charge in [-0.1, -0.05) is 23.7 Å². The van der Waals surface area contributed by atoms with Gasteiger partial charge in [-0.3, -0.25) is 4.79 Å². The number of amides is 1. The molecule has 21 heavy (non-hydrogen) atoms. The Labute approximate surface area is 133 Å². The Morgan fingerprint density at radius 2 is 2.10 bits per heavy atom. The molecule has 5 nitrogen and oxygen atoms in total. The number of para-hydroxylation sites is 1. The third kappa shape index (κ3) is 5.85. The van der Waals surface area contributed by atoms with Gasteiger partial charge in [0.1, 0.15) is 11.8 Å². The van der Waals surface area contributed by atoms with Gasteiger partial charge in [-0.15, -0.1) is 0 Å². The molecule has 0 heterocycles. The van der Waals surface area contributed by atoms with Crippen molar-refractivity contribution in [3.8, 4) is 5.75 Å². The van der Waals surface area contributed by atoms with Crippen LogP contribution in [0.15, 0.2) is 24.3 Å². The van der Waals surface area contributed by atoms with Gasteiger partial charge in [-0.25, -0.2) is 4.79 Å². The van der Waals surface area contributed by atoms with Gasteiger partial charge in [0.15, 0.2) is 6.10 Å². The fourth-order valence-corrected chi connectivity index (χ4v) is 2.22. The number of aliphatic carboxylic acids is 1. The molecule has 2 atom stereocenters. The summed E-state index contributed by atoms with van der Waals surface area (Å²) in [5.41, 5.74) is 0. The van der Waals surface area contributed by atoms with Crippen molar-refractivity contribution < 1.29 is 19.4 Å². The highest BCUT2D eigenvalue weighted by atomic mass is 35.5. The molecule has 0 aliphatic heterocycles. The number of carbonyl (C=O) groups excluding carboxylic acids is 1. The first-order valence-electron chi connectivity index (χ1n) is 6.39. The molecule has 2 N–H and O–H groups in total. The maximum atomic E-state index is 12.0. The van der Waals surface area contributed by atoms with Crippen LogP contribution in [0, 0.1) is 0 Å². The van der Waals surface area contributed by atoms with Crippen LogP contribution in [0.1, 0.15) is 13.3 Å². The van der Waals surface area contributed by atoms with Crippen LogP contribution in [0.25, 0.3) is 0 Å². The molecule has 0 saturated carbocycles. The van der Waals surface area contributed by atoms with Crippen molar-refractivity contribution in [2.24, 2.45) is 0 Å². The van der Waals surface area contributed by atoms with Gasteiger partial charge in [0.05, 0.1) is 5.02 Å². The van der Waals surface area contributed by atoms with Gasteiger partial charge >= 0.3 is 5.97 Å². The largest absolute Gasteiger partial charge is 0.480 e. The molecule has 0 aromatic heterocycles. The highest BCUT2D eigenvalue weighted by Gasteiger charge is 2.23. The average Bonchev–Trinajstić information content (AvgIpc) is 2.45. The van der Waals surface area contributed by atoms with Gasteiger partial charge in [-0.05, 0) is 37.5 Å². The lowest BCUT2D eigenvalue weighted by atomic mass is 10.2. The van der Waals surface area contributed by atoms with E-state index in [4.69, 9.17) is 21.4 Å². The summed E-state index contributed by atoms with van der Waals surface area (Å²) in [5, 5.41) is 11.9. The second kappa shape index (κ2) is 8.79. The van der Waals surface area contributed by atoms with E-state index in [-0.39, 0.29) is 0 Å². The van der Waals surface area contributed by atoms with E-state index in [0.717, 1.165) is 0 Å². The van der Waals surface area contributed by atoms with Crippen molar-refractivity contribution in [3.05, 3.63) is 29.3 Å². The lowest BCUT2D eigenvalue weighted by molar-refractivity contribution is -0.142. The topological polar surface area (TPSA) is 75.6 Å². The minimum atomic E-state index is -1.05. The van der Waals surface area contributed by atoms with E-state index in [1.54, 1.807) is 31.2 Å². The number of carbonyl (C=O) groups is 2. The first-order valence-corrected chi connectivity index (χ1v) is 8.16. The summed E-state index contributed by atoms with van der Waals surface area (Å²) in [6, 6.07) is 5.88. The average molecular weight is 332 g/mol. The summed E-state index contributed by atoms with van der Waals surface area (Å²) in [7, 11) is 0. The predicted molar refractivity (Wildman–Crippen MR) is 84.1 cm³/mol. The summed E-state index contributed by atoms with van der Waals surface area (Å²) < 4.78 is 5.45. The zero-order valence-corrected chi connectivity index (χ0v) is 13.4. The number of carboxylic acids is 1. The molecule has 0 bridgehead atoms. The van der Waals surface area contributed by atoms with E-state index in [1.807, 2.05) is 6.26 Å². The van der Waals surface area contributed by atoms with Crippen LogP contribution in [0.4, 0.5) is 0 Å². The van der Waals surface area contributed by atoms with Gasteiger partial charge < -0.3 is 15.2 Å². The number of hydrogen-bond donors (Lipinski definition) is 2. The van der Waals surface area contributed by atoms with E-state index in [9.17, 15) is 9.59 Å². The van der Waals surface area contributed by atoms with E-state index in [0.29, 0.717) is 22.9 Å². The molecule has 116 valence electrons. The van der Waals surface area contributed by atoms with Crippen molar-refractivity contribution in [1.29, 1.82) is 0 Å². The molecule has 1 rings (SSSR count). The van der Waals surface area contributed by atoms with Gasteiger partial charge in [0.2, 0.25) is 0 Å². The Morgan fingerprint density at radius 3 is 2.67 bits per heavy atom. The Balaban J connectivity index is 2.61. The monoisotopic (exact) mass is 331 g/mol. The Bertz CT molecular complexity index is 498. The van der Waals surface area contributed by atoms with Crippen molar-refractivity contribution in [2.75, 3.05) is 12.0 Å². The third-order valence-corrected chi connectivity index (χ3v) is 3.69. The number of benzene rings is 1. The third-order valence-electron chi connectivity index (χ3n) is 2.73. The number of ether oxygens (including phenoxy) is 1. The molecule has 0 spiro atoms. The zero-order chi connectivity index (χ0) is 15.8. The maximum Gasteiger partial charge on any atom is 0.326 e. The minimum Gasteiger partial charge on any atom is -0.480 e. The Kier molecular flexibility index (Phi) is 7.39. The minimum absolute atomic E-state index is 0.362. The number of rotatable bonds is 8. The summed E-state index contributed by atoms with van der Waals surface area (Å²) in [6.45, 7) is 1.55. The number of nitrogens with one attached hydrogen (secondary N) is 1. The highest BCUT2D eigenvalue weighted by Crippen LogP contribution is 2.24. The number of thioether (sulfide) groups is 1. The van der Waals surface area contributed by atoms with E-state index >= 15 is 0 Å². The van der Waals surface area contributed by atoms with E-state index in [1.165, 1.54) is 11.8 Å². The highest BCUT2D eigenvalue weighted by molar-refractivity contribution is 7.98. The molecule has 0 radical (unpaired) electrons. The van der Waals surface area contributed by atoms with Crippen molar-refractivity contribution >= 4 is 35.2 Å². The Hall–Kier alpha value is -1.40. The van der Waals surface area contributed by atoms with Crippen LogP contribution < -0.4 is 10.1 Å². The fourth-order valence-electron chi connectivity index (χ4n) is 1.57. The van der Waals surface area contributed by atoms with Gasteiger partial charge in [0, 0.05) is 0 Å². The molecule has 7 heteroatoms. The summed E-state index contributed by atoms with van der Waals surface area (Å²) in [5.74, 6) is -0.500. The molecular weight excluding hydrogens is 314 g/mol. The van der Waals surface area contributed by atoms with Crippen molar-refractivity contribution in [1.82, 2.24) is 5.32 Å². The molecule has 1 aromatic carbocycles. The fraction of sp³-hybridized carbons (Fsp3) is 0.429. The van der Waals surface area contributed by atoms with Crippen LogP contribution in [0.5, 0.6) is 5.75 Å². The first kappa shape index (κ1) is 17.7. The van der Waals surface area contributed by atoms with Crippen LogP contribution >= 0.6 is 23.4 Å². The Morgan fingerprint density at radius 1 is 1.43 bits per heavy atom. The summed E-state index contributed by atoms with van der Waals surface area (Å²) in [6.07, 6.45) is 1.41. The maximum absolute atomic E-state index is 12.0.